The number of carboxylic acids is 1. The lowest BCUT2D eigenvalue weighted by molar-refractivity contribution is -0.146. The third kappa shape index (κ3) is 3.26. The highest BCUT2D eigenvalue weighted by atomic mass is 16.4. The first-order valence-electron chi connectivity index (χ1n) is 5.89. The number of aliphatic carboxylic acids is 1. The summed E-state index contributed by atoms with van der Waals surface area (Å²) in [4.78, 5) is 22.0. The van der Waals surface area contributed by atoms with Crippen LogP contribution in [0.2, 0.25) is 0 Å². The number of hydrogen-bond acceptors (Lipinski definition) is 6. The first kappa shape index (κ1) is 13.4. The molecule has 4 N–H and O–H groups in total. The van der Waals surface area contributed by atoms with Crippen LogP contribution < -0.4 is 10.6 Å². The van der Waals surface area contributed by atoms with Gasteiger partial charge in [-0.3, -0.25) is 4.79 Å². The zero-order valence-electron chi connectivity index (χ0n) is 10.1. The molecule has 0 aromatic carbocycles. The number of amides is 1. The van der Waals surface area contributed by atoms with Crippen molar-refractivity contribution in [2.24, 2.45) is 0 Å². The van der Waals surface area contributed by atoms with Crippen LogP contribution in [0.4, 0.5) is 0 Å². The van der Waals surface area contributed by atoms with E-state index in [9.17, 15) is 9.59 Å². The fraction of sp³-hybridized carbons (Fsp3) is 0.600. The fourth-order valence-electron chi connectivity index (χ4n) is 1.56. The Labute approximate surface area is 108 Å². The van der Waals surface area contributed by atoms with Gasteiger partial charge in [0.1, 0.15) is 0 Å². The van der Waals surface area contributed by atoms with Gasteiger partial charge in [-0.25, -0.2) is 9.48 Å². The van der Waals surface area contributed by atoms with Gasteiger partial charge in [-0.1, -0.05) is 5.21 Å². The lowest BCUT2D eigenvalue weighted by Gasteiger charge is -2.26. The van der Waals surface area contributed by atoms with E-state index in [2.05, 4.69) is 20.9 Å². The average molecular weight is 269 g/mol. The summed E-state index contributed by atoms with van der Waals surface area (Å²) in [5.74, 6) is -1.74. The summed E-state index contributed by atoms with van der Waals surface area (Å²) < 4.78 is 1.62. The minimum atomic E-state index is -1.47. The predicted octanol–water partition coefficient (Wildman–Crippen LogP) is -2.01. The topological polar surface area (TPSA) is 129 Å². The van der Waals surface area contributed by atoms with Gasteiger partial charge in [-0.15, -0.1) is 5.10 Å². The molecule has 0 bridgehead atoms. The van der Waals surface area contributed by atoms with E-state index in [1.165, 1.54) is 0 Å². The number of carbonyl (C=O) groups excluding carboxylic acids is 1. The highest BCUT2D eigenvalue weighted by Crippen LogP contribution is 2.09. The molecule has 1 amide bonds. The maximum absolute atomic E-state index is 11.7. The molecular formula is C10H15N5O4. The highest BCUT2D eigenvalue weighted by Gasteiger charge is 2.21. The molecule has 1 aliphatic heterocycles. The van der Waals surface area contributed by atoms with Crippen molar-refractivity contribution in [3.05, 3.63) is 11.9 Å². The van der Waals surface area contributed by atoms with Crippen molar-refractivity contribution in [1.82, 2.24) is 25.6 Å². The average Bonchev–Trinajstić information content (AvgIpc) is 2.75. The van der Waals surface area contributed by atoms with Gasteiger partial charge in [0, 0.05) is 26.1 Å². The Morgan fingerprint density at radius 3 is 2.89 bits per heavy atom. The standard InChI is InChI=1S/C10H15N5O4/c16-8(10(18)19)1-2-12-9(17)7-5-15(14-13-7)6-3-11-4-6/h5-6,8,11,16H,1-4H2,(H,12,17)(H,18,19). The second kappa shape index (κ2) is 5.76. The third-order valence-corrected chi connectivity index (χ3v) is 2.87. The van der Waals surface area contributed by atoms with E-state index in [1.807, 2.05) is 0 Å². The normalized spacial score (nSPS) is 16.7. The van der Waals surface area contributed by atoms with Gasteiger partial charge >= 0.3 is 5.97 Å². The number of nitrogens with zero attached hydrogens (tertiary/aromatic N) is 3. The molecule has 0 spiro atoms. The predicted molar refractivity (Wildman–Crippen MR) is 62.5 cm³/mol. The van der Waals surface area contributed by atoms with Gasteiger partial charge in [-0.2, -0.15) is 0 Å². The molecule has 0 radical (unpaired) electrons. The second-order valence-electron chi connectivity index (χ2n) is 4.29. The van der Waals surface area contributed by atoms with Gasteiger partial charge in [0.2, 0.25) is 0 Å². The molecule has 19 heavy (non-hydrogen) atoms. The molecule has 1 atom stereocenters. The smallest absolute Gasteiger partial charge is 0.332 e. The Hall–Kier alpha value is -2.00. The molecule has 1 fully saturated rings. The van der Waals surface area contributed by atoms with E-state index >= 15 is 0 Å². The van der Waals surface area contributed by atoms with E-state index in [0.29, 0.717) is 0 Å². The molecule has 104 valence electrons. The minimum absolute atomic E-state index is 0.0538. The molecule has 9 heteroatoms. The van der Waals surface area contributed by atoms with E-state index in [-0.39, 0.29) is 24.7 Å². The van der Waals surface area contributed by atoms with Gasteiger partial charge in [0.15, 0.2) is 11.8 Å². The van der Waals surface area contributed by atoms with Crippen LogP contribution in [-0.2, 0) is 4.79 Å². The van der Waals surface area contributed by atoms with E-state index in [1.54, 1.807) is 10.9 Å². The molecule has 1 unspecified atom stereocenters. The Bertz CT molecular complexity index is 470. The zero-order chi connectivity index (χ0) is 13.8. The third-order valence-electron chi connectivity index (χ3n) is 2.87. The van der Waals surface area contributed by atoms with E-state index in [4.69, 9.17) is 10.2 Å². The number of rotatable bonds is 6. The number of aromatic nitrogens is 3. The number of nitrogens with one attached hydrogen (secondary N) is 2. The fourth-order valence-corrected chi connectivity index (χ4v) is 1.56. The van der Waals surface area contributed by atoms with Crippen molar-refractivity contribution in [3.8, 4) is 0 Å². The van der Waals surface area contributed by atoms with Crippen molar-refractivity contribution in [3.63, 3.8) is 0 Å². The molecular weight excluding hydrogens is 254 g/mol. The molecule has 1 aromatic rings. The van der Waals surface area contributed by atoms with Crippen molar-refractivity contribution in [2.75, 3.05) is 19.6 Å². The molecule has 2 rings (SSSR count). The molecule has 1 saturated heterocycles. The van der Waals surface area contributed by atoms with Crippen molar-refractivity contribution in [2.45, 2.75) is 18.6 Å². The summed E-state index contributed by atoms with van der Waals surface area (Å²) in [7, 11) is 0. The molecule has 0 aliphatic carbocycles. The van der Waals surface area contributed by atoms with E-state index in [0.717, 1.165) is 13.1 Å². The number of carboxylic acid groups (broad SMARTS) is 1. The maximum atomic E-state index is 11.7. The van der Waals surface area contributed by atoms with Crippen molar-refractivity contribution in [1.29, 1.82) is 0 Å². The van der Waals surface area contributed by atoms with Crippen LogP contribution in [0.3, 0.4) is 0 Å². The number of aliphatic hydroxyl groups excluding tert-OH is 1. The lowest BCUT2D eigenvalue weighted by atomic mass is 10.2. The van der Waals surface area contributed by atoms with Crippen LogP contribution in [0.25, 0.3) is 0 Å². The van der Waals surface area contributed by atoms with Gasteiger partial charge < -0.3 is 20.8 Å². The second-order valence-corrected chi connectivity index (χ2v) is 4.29. The van der Waals surface area contributed by atoms with Crippen LogP contribution in [0.15, 0.2) is 6.20 Å². The maximum Gasteiger partial charge on any atom is 0.332 e. The Morgan fingerprint density at radius 1 is 1.58 bits per heavy atom. The first-order valence-corrected chi connectivity index (χ1v) is 5.89. The summed E-state index contributed by atoms with van der Waals surface area (Å²) >= 11 is 0. The van der Waals surface area contributed by atoms with Crippen LogP contribution in [0, 0.1) is 0 Å². The van der Waals surface area contributed by atoms with Crippen LogP contribution in [0.5, 0.6) is 0 Å². The quantitative estimate of drug-likeness (QED) is 0.469. The summed E-state index contributed by atoms with van der Waals surface area (Å²) in [6.07, 6.45) is 0.0213. The van der Waals surface area contributed by atoms with Gasteiger partial charge in [-0.05, 0) is 0 Å². The minimum Gasteiger partial charge on any atom is -0.479 e. The summed E-state index contributed by atoms with van der Waals surface area (Å²) in [6.45, 7) is 1.66. The van der Waals surface area contributed by atoms with Crippen molar-refractivity contribution < 1.29 is 19.8 Å². The highest BCUT2D eigenvalue weighted by molar-refractivity contribution is 5.91. The van der Waals surface area contributed by atoms with E-state index < -0.39 is 18.0 Å². The van der Waals surface area contributed by atoms with Crippen LogP contribution >= 0.6 is 0 Å². The summed E-state index contributed by atoms with van der Waals surface area (Å²) in [5, 5.41) is 30.7. The number of hydrogen-bond donors (Lipinski definition) is 4. The largest absolute Gasteiger partial charge is 0.479 e. The Balaban J connectivity index is 1.79. The first-order chi connectivity index (χ1) is 9.08. The van der Waals surface area contributed by atoms with Gasteiger partial charge in [0.05, 0.1) is 12.2 Å². The molecule has 2 heterocycles. The lowest BCUT2D eigenvalue weighted by Crippen LogP contribution is -2.43. The van der Waals surface area contributed by atoms with Crippen LogP contribution in [0.1, 0.15) is 23.0 Å². The van der Waals surface area contributed by atoms with Crippen molar-refractivity contribution >= 4 is 11.9 Å². The zero-order valence-corrected chi connectivity index (χ0v) is 10.1. The summed E-state index contributed by atoms with van der Waals surface area (Å²) in [6, 6.07) is 0.225. The van der Waals surface area contributed by atoms with Gasteiger partial charge in [0.25, 0.3) is 5.91 Å². The monoisotopic (exact) mass is 269 g/mol. The number of carbonyl (C=O) groups is 2. The Morgan fingerprint density at radius 2 is 2.32 bits per heavy atom. The SMILES string of the molecule is O=C(NCCC(O)C(=O)O)c1cn(C2CNC2)nn1. The Kier molecular flexibility index (Phi) is 4.07. The molecule has 1 aliphatic rings. The molecule has 0 saturated carbocycles. The molecule has 9 nitrogen and oxygen atoms in total. The summed E-state index contributed by atoms with van der Waals surface area (Å²) in [5.41, 5.74) is 0.178. The molecule has 1 aromatic heterocycles. The number of aliphatic hydroxyl groups is 1. The van der Waals surface area contributed by atoms with Crippen LogP contribution in [-0.4, -0.2) is 62.8 Å².